The smallest absolute Gasteiger partial charge is 0 e. The summed E-state index contributed by atoms with van der Waals surface area (Å²) in [6.45, 7) is 12.0. The Balaban J connectivity index is -0.00000000225. The fourth-order valence-electron chi connectivity index (χ4n) is 0. The Bertz CT molecular complexity index is 9.71. The van der Waals surface area contributed by atoms with Gasteiger partial charge in [-0.05, 0) is 0 Å². The van der Waals surface area contributed by atoms with Gasteiger partial charge in [0.25, 0.3) is 0 Å². The molecular formula is C6H26. The minimum absolute atomic E-state index is 0. The molecular weight excluding hydrogens is 72.1 g/mol. The summed E-state index contributed by atoms with van der Waals surface area (Å²) in [6.07, 6.45) is 0. The van der Waals surface area contributed by atoms with Crippen LogP contribution in [0.15, 0.2) is 0 Å². The van der Waals surface area contributed by atoms with Gasteiger partial charge in [0.15, 0.2) is 0 Å². The maximum absolute atomic E-state index is 2.00. The van der Waals surface area contributed by atoms with E-state index in [1.54, 1.807) is 0 Å². The third kappa shape index (κ3) is 0. The Labute approximate surface area is 48.5 Å². The molecule has 0 aliphatic rings. The molecule has 0 amide bonds. The molecule has 0 atom stereocenters. The van der Waals surface area contributed by atoms with E-state index in [4.69, 9.17) is 0 Å². The lowest BCUT2D eigenvalue weighted by Crippen LogP contribution is -0.856. The van der Waals surface area contributed by atoms with Crippen LogP contribution in [0.25, 0.3) is 0 Å². The van der Waals surface area contributed by atoms with Crippen molar-refractivity contribution in [2.24, 2.45) is 0 Å². The van der Waals surface area contributed by atoms with Crippen LogP contribution >= 0.6 is 0 Å². The molecule has 0 aromatic carbocycles. The molecule has 0 aliphatic carbocycles. The van der Waals surface area contributed by atoms with E-state index in [2.05, 4.69) is 0 Å². The zero-order chi connectivity index (χ0) is 6.00. The van der Waals surface area contributed by atoms with Crippen molar-refractivity contribution in [3.05, 3.63) is 0 Å². The van der Waals surface area contributed by atoms with Crippen LogP contribution in [0, 0.1) is 0 Å². The van der Waals surface area contributed by atoms with Gasteiger partial charge < -0.3 is 0 Å². The Morgan fingerprint density at radius 3 is 0.500 bits per heavy atom. The molecule has 0 unspecified atom stereocenters. The third-order valence-corrected chi connectivity index (χ3v) is 0. The van der Waals surface area contributed by atoms with E-state index in [1.165, 1.54) is 0 Å². The first-order valence-electron chi connectivity index (χ1n) is 3.00. The highest BCUT2D eigenvalue weighted by atomic mass is 13.0. The normalized spacial score (nSPS) is 3.00. The van der Waals surface area contributed by atoms with E-state index >= 15 is 0 Å². The Morgan fingerprint density at radius 2 is 0.500 bits per heavy atom. The van der Waals surface area contributed by atoms with Crippen molar-refractivity contribution < 1.29 is 5.71 Å². The second kappa shape index (κ2) is 0. The van der Waals surface area contributed by atoms with Crippen LogP contribution in [0.3, 0.4) is 0 Å². The zero-order valence-electron chi connectivity index (χ0n) is 6.00. The summed E-state index contributed by atoms with van der Waals surface area (Å²) in [7, 11) is 0. The molecule has 0 saturated heterocycles. The van der Waals surface area contributed by atoms with Crippen LogP contribution in [0.4, 0.5) is 0 Å². The first kappa shape index (κ1) is 16.7. The highest BCUT2D eigenvalue weighted by molar-refractivity contribution is 3.51. The molecule has 0 radical (unpaired) electrons. The first-order valence-corrected chi connectivity index (χ1v) is 3.00. The van der Waals surface area contributed by atoms with Crippen molar-refractivity contribution in [3.8, 4) is 0 Å². The minimum Gasteiger partial charge on any atom is -0.0683 e. The highest BCUT2D eigenvalue weighted by Crippen LogP contribution is 1.15. The van der Waals surface area contributed by atoms with E-state index in [0.29, 0.717) is 0 Å². The van der Waals surface area contributed by atoms with E-state index in [0.717, 1.165) is 0 Å². The second-order valence-corrected chi connectivity index (χ2v) is 0. The summed E-state index contributed by atoms with van der Waals surface area (Å²) >= 11 is 0. The Hall–Kier alpha value is 0. The molecule has 0 aliphatic heterocycles. The maximum atomic E-state index is 2.00. The maximum Gasteiger partial charge on any atom is 0 e. The van der Waals surface area contributed by atoms with Crippen LogP contribution in [0.5, 0.6) is 0 Å². The monoisotopic (exact) mass is 98.2 g/mol. The molecule has 0 rings (SSSR count). The quantitative estimate of drug-likeness (QED) is 0.428. The Morgan fingerprint density at radius 1 is 0.500 bits per heavy atom. The molecule has 0 bridgehead atoms. The summed E-state index contributed by atoms with van der Waals surface area (Å²) < 4.78 is 0. The van der Waals surface area contributed by atoms with Gasteiger partial charge in [-0.25, -0.2) is 0 Å². The molecule has 0 N–H and O–H groups in total. The van der Waals surface area contributed by atoms with Crippen molar-refractivity contribution in [2.45, 2.75) is 41.5 Å². The fraction of sp³-hybridized carbons (Fsp3) is 1.00. The average molecular weight is 98.3 g/mol. The highest BCUT2D eigenvalue weighted by Gasteiger charge is 0.936. The fourth-order valence-corrected chi connectivity index (χ4v) is 0. The topological polar surface area (TPSA) is 0 Å². The van der Waals surface area contributed by atoms with Crippen molar-refractivity contribution in [1.29, 1.82) is 0 Å². The van der Waals surface area contributed by atoms with Crippen LogP contribution < -0.4 is 0 Å². The average Bonchev–Trinajstić information content (AvgIpc) is 1.81. The van der Waals surface area contributed by atoms with Gasteiger partial charge in [0.05, 0.1) is 0 Å². The zero-order valence-corrected chi connectivity index (χ0v) is 6.00. The number of hydrogen-bond acceptors (Lipinski definition) is 0. The van der Waals surface area contributed by atoms with Crippen molar-refractivity contribution >= 4 is 0 Å². The lowest BCUT2D eigenvalue weighted by Gasteiger charge is -1.07. The molecule has 6 heavy (non-hydrogen) atoms. The summed E-state index contributed by atoms with van der Waals surface area (Å²) in [6, 6.07) is 0. The van der Waals surface area contributed by atoms with Gasteiger partial charge in [-0.15, -0.1) is 0 Å². The van der Waals surface area contributed by atoms with Gasteiger partial charge in [0.2, 0.25) is 0 Å². The molecule has 50 valence electrons. The van der Waals surface area contributed by atoms with Gasteiger partial charge >= 0.3 is 0 Å². The molecule has 0 spiro atoms. The van der Waals surface area contributed by atoms with Crippen molar-refractivity contribution in [1.82, 2.24) is 0 Å². The largest absolute Gasteiger partial charge is 0.0683 e. The van der Waals surface area contributed by atoms with Crippen LogP contribution in [-0.2, 0) is 0 Å². The molecule has 0 saturated carbocycles. The molecule has 0 aromatic heterocycles. The Kier molecular flexibility index (Phi) is 0. The summed E-state index contributed by atoms with van der Waals surface area (Å²) in [4.78, 5) is 0. The van der Waals surface area contributed by atoms with Gasteiger partial charge in [-0.3, -0.25) is 0 Å². The van der Waals surface area contributed by atoms with Gasteiger partial charge in [-0.2, -0.15) is 0 Å². The minimum atomic E-state index is 0. The van der Waals surface area contributed by atoms with Crippen LogP contribution in [0.1, 0.15) is 47.2 Å². The number of hydrogen-bond donors (Lipinski definition) is 0. The summed E-state index contributed by atoms with van der Waals surface area (Å²) in [5.41, 5.74) is 0. The summed E-state index contributed by atoms with van der Waals surface area (Å²) in [5.74, 6) is 0. The lowest BCUT2D eigenvalue weighted by molar-refractivity contribution is 1.50. The molecule has 0 aromatic rings. The second-order valence-electron chi connectivity index (χ2n) is 0. The predicted octanol–water partition coefficient (Wildman–Crippen LogP) is 4.06. The molecule has 0 heteroatoms. The third-order valence-electron chi connectivity index (χ3n) is 0. The number of rotatable bonds is 0. The van der Waals surface area contributed by atoms with Gasteiger partial charge in [0.1, 0.15) is 0 Å². The molecule has 0 nitrogen and oxygen atoms in total. The van der Waals surface area contributed by atoms with Crippen molar-refractivity contribution in [2.75, 3.05) is 0 Å². The first-order chi connectivity index (χ1) is 3.00. The van der Waals surface area contributed by atoms with Gasteiger partial charge in [-0.1, -0.05) is 41.5 Å². The van der Waals surface area contributed by atoms with E-state index in [1.807, 2.05) is 41.5 Å². The van der Waals surface area contributed by atoms with Crippen molar-refractivity contribution in [3.63, 3.8) is 0 Å². The SMILES string of the molecule is CC.CC.CC.[HH].[HH].[HH].[HH]. The van der Waals surface area contributed by atoms with Crippen LogP contribution in [0.2, 0.25) is 0 Å². The standard InChI is InChI=1S/3C2H6.4H2/c3*1-2;;;;/h3*1-2H3;4*1H. The van der Waals surface area contributed by atoms with E-state index < -0.39 is 0 Å². The summed E-state index contributed by atoms with van der Waals surface area (Å²) in [5, 5.41) is 0. The van der Waals surface area contributed by atoms with E-state index in [-0.39, 0.29) is 5.71 Å². The molecule has 0 heterocycles. The van der Waals surface area contributed by atoms with Crippen LogP contribution in [-0.4, -0.2) is 0 Å². The van der Waals surface area contributed by atoms with Gasteiger partial charge in [0, 0.05) is 5.71 Å². The lowest BCUT2D eigenvalue weighted by atomic mass is 11.0. The van der Waals surface area contributed by atoms with E-state index in [9.17, 15) is 0 Å². The predicted molar refractivity (Wildman–Crippen MR) is 42.5 cm³/mol. The molecule has 0 fully saturated rings.